The predicted molar refractivity (Wildman–Crippen MR) is 103 cm³/mol. The SMILES string of the molecule is NS(=O)(=O)c1ccccc1N(c1cccc(-c2ccc(F)cc2F)c1)S(=O)O. The van der Waals surface area contributed by atoms with Crippen molar-refractivity contribution < 1.29 is 26.0 Å². The summed E-state index contributed by atoms with van der Waals surface area (Å²) in [5.74, 6) is -1.55. The Morgan fingerprint density at radius 2 is 1.68 bits per heavy atom. The maximum atomic E-state index is 14.1. The molecular formula is C18H14F2N2O4S2. The van der Waals surface area contributed by atoms with E-state index in [-0.39, 0.29) is 21.8 Å². The Morgan fingerprint density at radius 3 is 2.32 bits per heavy atom. The molecule has 0 bridgehead atoms. The molecule has 0 spiro atoms. The van der Waals surface area contributed by atoms with Crippen LogP contribution in [0.15, 0.2) is 71.6 Å². The predicted octanol–water partition coefficient (Wildman–Crippen LogP) is 3.55. The quantitative estimate of drug-likeness (QED) is 0.612. The van der Waals surface area contributed by atoms with Gasteiger partial charge in [-0.25, -0.2) is 30.9 Å². The molecule has 0 heterocycles. The van der Waals surface area contributed by atoms with E-state index < -0.39 is 32.9 Å². The number of rotatable bonds is 5. The second-order valence-corrected chi connectivity index (χ2v) is 8.07. The minimum Gasteiger partial charge on any atom is -0.289 e. The van der Waals surface area contributed by atoms with Gasteiger partial charge < -0.3 is 0 Å². The second kappa shape index (κ2) is 7.76. The van der Waals surface area contributed by atoms with E-state index >= 15 is 0 Å². The fourth-order valence-corrected chi connectivity index (χ4v) is 4.10. The molecule has 3 rings (SSSR count). The number of nitrogens with zero attached hydrogens (tertiary/aromatic N) is 1. The van der Waals surface area contributed by atoms with Crippen molar-refractivity contribution in [1.82, 2.24) is 0 Å². The molecule has 146 valence electrons. The molecule has 0 aliphatic carbocycles. The molecule has 0 aliphatic heterocycles. The number of anilines is 2. The van der Waals surface area contributed by atoms with Gasteiger partial charge in [-0.2, -0.15) is 0 Å². The Morgan fingerprint density at radius 1 is 0.964 bits per heavy atom. The molecule has 28 heavy (non-hydrogen) atoms. The van der Waals surface area contributed by atoms with Gasteiger partial charge >= 0.3 is 0 Å². The number of para-hydroxylation sites is 1. The maximum Gasteiger partial charge on any atom is 0.266 e. The van der Waals surface area contributed by atoms with Crippen LogP contribution in [-0.4, -0.2) is 17.2 Å². The zero-order valence-corrected chi connectivity index (χ0v) is 15.8. The number of primary sulfonamides is 1. The summed E-state index contributed by atoms with van der Waals surface area (Å²) < 4.78 is 73.7. The molecule has 0 saturated heterocycles. The molecule has 0 radical (unpaired) electrons. The number of nitrogens with two attached hydrogens (primary N) is 1. The number of sulfonamides is 1. The van der Waals surface area contributed by atoms with Gasteiger partial charge in [0.25, 0.3) is 11.3 Å². The summed E-state index contributed by atoms with van der Waals surface area (Å²) in [4.78, 5) is -0.351. The van der Waals surface area contributed by atoms with Gasteiger partial charge in [-0.1, -0.05) is 24.3 Å². The largest absolute Gasteiger partial charge is 0.289 e. The first kappa shape index (κ1) is 20.1. The van der Waals surface area contributed by atoms with Crippen molar-refractivity contribution in [3.05, 3.63) is 78.4 Å². The van der Waals surface area contributed by atoms with Crippen molar-refractivity contribution in [1.29, 1.82) is 0 Å². The van der Waals surface area contributed by atoms with Crippen LogP contribution in [0, 0.1) is 11.6 Å². The first-order valence-electron chi connectivity index (χ1n) is 7.77. The van der Waals surface area contributed by atoms with E-state index in [1.54, 1.807) is 0 Å². The smallest absolute Gasteiger partial charge is 0.266 e. The molecule has 10 heteroatoms. The summed E-state index contributed by atoms with van der Waals surface area (Å²) >= 11 is -2.66. The highest BCUT2D eigenvalue weighted by molar-refractivity contribution is 7.89. The molecule has 1 atom stereocenters. The van der Waals surface area contributed by atoms with E-state index in [2.05, 4.69) is 0 Å². The van der Waals surface area contributed by atoms with Crippen molar-refractivity contribution >= 4 is 32.7 Å². The summed E-state index contributed by atoms with van der Waals surface area (Å²) in [6.07, 6.45) is 0. The third-order valence-corrected chi connectivity index (χ3v) is 5.55. The van der Waals surface area contributed by atoms with Crippen LogP contribution in [0.4, 0.5) is 20.2 Å². The topological polar surface area (TPSA) is 101 Å². The molecular weight excluding hydrogens is 410 g/mol. The van der Waals surface area contributed by atoms with Gasteiger partial charge in [0.05, 0.1) is 11.4 Å². The monoisotopic (exact) mass is 424 g/mol. The first-order valence-corrected chi connectivity index (χ1v) is 10.4. The van der Waals surface area contributed by atoms with Gasteiger partial charge in [-0.05, 0) is 42.0 Å². The van der Waals surface area contributed by atoms with Gasteiger partial charge in [0.1, 0.15) is 16.5 Å². The molecule has 3 N–H and O–H groups in total. The van der Waals surface area contributed by atoms with Gasteiger partial charge in [-0.3, -0.25) is 4.55 Å². The highest BCUT2D eigenvalue weighted by Gasteiger charge is 2.23. The standard InChI is InChI=1S/C18H14F2N2O4S2/c19-13-8-9-15(16(20)11-13)12-4-3-5-14(10-12)22(27(23)24)17-6-1-2-7-18(17)28(21,25)26/h1-11H,(H,23,24)(H2,21,25,26). The van der Waals surface area contributed by atoms with Gasteiger partial charge in [0.15, 0.2) is 0 Å². The van der Waals surface area contributed by atoms with E-state index in [0.717, 1.165) is 16.4 Å². The van der Waals surface area contributed by atoms with Crippen molar-refractivity contribution in [2.24, 2.45) is 5.14 Å². The van der Waals surface area contributed by atoms with Crippen LogP contribution < -0.4 is 9.44 Å². The van der Waals surface area contributed by atoms with Crippen LogP contribution in [0.5, 0.6) is 0 Å². The Kier molecular flexibility index (Phi) is 5.57. The summed E-state index contributed by atoms with van der Waals surface area (Å²) in [5.41, 5.74) is 0.367. The Labute approximate surface area is 162 Å². The average molecular weight is 424 g/mol. The minimum absolute atomic E-state index is 0.0756. The van der Waals surface area contributed by atoms with Gasteiger partial charge in [0, 0.05) is 11.6 Å². The molecule has 6 nitrogen and oxygen atoms in total. The van der Waals surface area contributed by atoms with Crippen LogP contribution >= 0.6 is 0 Å². The molecule has 0 fully saturated rings. The fraction of sp³-hybridized carbons (Fsp3) is 0. The molecule has 0 saturated carbocycles. The van der Waals surface area contributed by atoms with Crippen LogP contribution in [-0.2, 0) is 21.3 Å². The molecule has 3 aromatic rings. The van der Waals surface area contributed by atoms with E-state index in [1.807, 2.05) is 0 Å². The Balaban J connectivity index is 2.17. The van der Waals surface area contributed by atoms with E-state index in [0.29, 0.717) is 5.56 Å². The maximum absolute atomic E-state index is 14.1. The first-order chi connectivity index (χ1) is 13.2. The second-order valence-electron chi connectivity index (χ2n) is 5.71. The third-order valence-electron chi connectivity index (χ3n) is 3.87. The van der Waals surface area contributed by atoms with Crippen molar-refractivity contribution in [3.8, 4) is 11.1 Å². The molecule has 0 amide bonds. The zero-order valence-electron chi connectivity index (χ0n) is 14.1. The van der Waals surface area contributed by atoms with E-state index in [4.69, 9.17) is 5.14 Å². The van der Waals surface area contributed by atoms with Crippen LogP contribution in [0.2, 0.25) is 0 Å². The lowest BCUT2D eigenvalue weighted by molar-refractivity contribution is 0.564. The number of benzene rings is 3. The lowest BCUT2D eigenvalue weighted by Gasteiger charge is -2.22. The highest BCUT2D eigenvalue weighted by Crippen LogP contribution is 2.34. The lowest BCUT2D eigenvalue weighted by atomic mass is 10.0. The van der Waals surface area contributed by atoms with Crippen molar-refractivity contribution in [2.75, 3.05) is 4.31 Å². The zero-order chi connectivity index (χ0) is 20.5. The van der Waals surface area contributed by atoms with Crippen molar-refractivity contribution in [2.45, 2.75) is 4.90 Å². The highest BCUT2D eigenvalue weighted by atomic mass is 32.2. The summed E-state index contributed by atoms with van der Waals surface area (Å²) in [7, 11) is -4.18. The Bertz CT molecular complexity index is 1170. The molecule has 0 aromatic heterocycles. The summed E-state index contributed by atoms with van der Waals surface area (Å²) in [5, 5.41) is 5.21. The molecule has 3 aromatic carbocycles. The number of hydrogen-bond donors (Lipinski definition) is 2. The van der Waals surface area contributed by atoms with E-state index in [9.17, 15) is 26.0 Å². The van der Waals surface area contributed by atoms with Crippen LogP contribution in [0.1, 0.15) is 0 Å². The van der Waals surface area contributed by atoms with Gasteiger partial charge in [-0.15, -0.1) is 0 Å². The third kappa shape index (κ3) is 4.09. The summed E-state index contributed by atoms with van der Waals surface area (Å²) in [6, 6.07) is 14.3. The normalized spacial score (nSPS) is 12.6. The fourth-order valence-electron chi connectivity index (χ4n) is 2.70. The lowest BCUT2D eigenvalue weighted by Crippen LogP contribution is -2.23. The summed E-state index contributed by atoms with van der Waals surface area (Å²) in [6.45, 7) is 0. The van der Waals surface area contributed by atoms with Gasteiger partial charge in [0.2, 0.25) is 10.0 Å². The number of hydrogen-bond acceptors (Lipinski definition) is 3. The molecule has 1 unspecified atom stereocenters. The van der Waals surface area contributed by atoms with Crippen molar-refractivity contribution in [3.63, 3.8) is 0 Å². The van der Waals surface area contributed by atoms with E-state index in [1.165, 1.54) is 54.6 Å². The average Bonchev–Trinajstić information content (AvgIpc) is 2.61. The minimum atomic E-state index is -4.18. The Hall–Kier alpha value is -2.66. The number of halogens is 2. The van der Waals surface area contributed by atoms with Crippen LogP contribution in [0.25, 0.3) is 11.1 Å². The van der Waals surface area contributed by atoms with Crippen LogP contribution in [0.3, 0.4) is 0 Å². The molecule has 0 aliphatic rings.